The quantitative estimate of drug-likeness (QED) is 0.831. The third-order valence-corrected chi connectivity index (χ3v) is 4.26. The summed E-state index contributed by atoms with van der Waals surface area (Å²) in [6, 6.07) is 0.413. The first-order chi connectivity index (χ1) is 6.93. The van der Waals surface area contributed by atoms with Crippen molar-refractivity contribution < 1.29 is 0 Å². The topological polar surface area (TPSA) is 24.9 Å². The number of rotatable bonds is 5. The summed E-state index contributed by atoms with van der Waals surface area (Å²) in [7, 11) is 0. The van der Waals surface area contributed by atoms with Crippen LogP contribution in [0, 0.1) is 11.3 Å². The molecule has 1 heterocycles. The van der Waals surface area contributed by atoms with Crippen LogP contribution in [0.4, 0.5) is 0 Å². The average Bonchev–Trinajstić information content (AvgIpc) is 2.66. The number of hydrogen-bond donors (Lipinski definition) is 1. The summed E-state index contributed by atoms with van der Waals surface area (Å²) >= 11 is 1.72. The minimum atomic E-state index is 0.346. The third-order valence-electron chi connectivity index (χ3n) is 3.31. The van der Waals surface area contributed by atoms with E-state index >= 15 is 0 Å². The molecular formula is C12H22N2S. The van der Waals surface area contributed by atoms with E-state index in [1.807, 2.05) is 11.7 Å². The fourth-order valence-corrected chi connectivity index (χ4v) is 1.81. The molecule has 1 aromatic heterocycles. The first-order valence-electron chi connectivity index (χ1n) is 5.55. The second-order valence-corrected chi connectivity index (χ2v) is 6.07. The predicted molar refractivity (Wildman–Crippen MR) is 67.2 cm³/mol. The van der Waals surface area contributed by atoms with Crippen molar-refractivity contribution in [1.29, 1.82) is 0 Å². The number of hydrogen-bond acceptors (Lipinski definition) is 3. The largest absolute Gasteiger partial charge is 0.309 e. The van der Waals surface area contributed by atoms with E-state index in [0.29, 0.717) is 17.4 Å². The molecule has 3 heteroatoms. The van der Waals surface area contributed by atoms with Crippen LogP contribution in [0.1, 0.15) is 45.5 Å². The molecule has 1 aromatic rings. The molecule has 1 N–H and O–H groups in total. The van der Waals surface area contributed by atoms with E-state index in [9.17, 15) is 0 Å². The zero-order valence-electron chi connectivity index (χ0n) is 10.4. The van der Waals surface area contributed by atoms with E-state index < -0.39 is 0 Å². The number of nitrogens with one attached hydrogen (secondary N) is 1. The van der Waals surface area contributed by atoms with E-state index in [2.05, 4.69) is 44.9 Å². The summed E-state index contributed by atoms with van der Waals surface area (Å²) in [6.07, 6.45) is 1.95. The van der Waals surface area contributed by atoms with Crippen molar-refractivity contribution in [1.82, 2.24) is 10.3 Å². The van der Waals surface area contributed by atoms with Crippen molar-refractivity contribution >= 4 is 11.3 Å². The molecule has 0 fully saturated rings. The van der Waals surface area contributed by atoms with Gasteiger partial charge in [-0.25, -0.2) is 0 Å². The second-order valence-electron chi connectivity index (χ2n) is 5.15. The van der Waals surface area contributed by atoms with Gasteiger partial charge in [0, 0.05) is 23.7 Å². The highest BCUT2D eigenvalue weighted by molar-refractivity contribution is 7.09. The molecule has 0 bridgehead atoms. The van der Waals surface area contributed by atoms with Gasteiger partial charge >= 0.3 is 0 Å². The van der Waals surface area contributed by atoms with E-state index in [-0.39, 0.29) is 0 Å². The summed E-state index contributed by atoms with van der Waals surface area (Å²) in [5, 5.41) is 3.58. The molecule has 1 atom stereocenters. The zero-order valence-corrected chi connectivity index (χ0v) is 11.2. The van der Waals surface area contributed by atoms with Crippen molar-refractivity contribution in [3.8, 4) is 0 Å². The molecule has 86 valence electrons. The Labute approximate surface area is 97.1 Å². The lowest BCUT2D eigenvalue weighted by atomic mass is 9.81. The van der Waals surface area contributed by atoms with Gasteiger partial charge in [0.1, 0.15) is 0 Å². The molecule has 0 radical (unpaired) electrons. The summed E-state index contributed by atoms with van der Waals surface area (Å²) in [6.45, 7) is 12.4. The lowest BCUT2D eigenvalue weighted by molar-refractivity contribution is 0.231. The molecule has 0 aliphatic heterocycles. The highest BCUT2D eigenvalue weighted by Gasteiger charge is 2.22. The van der Waals surface area contributed by atoms with Crippen molar-refractivity contribution in [2.45, 2.75) is 40.7 Å². The van der Waals surface area contributed by atoms with Crippen LogP contribution in [0.25, 0.3) is 0 Å². The van der Waals surface area contributed by atoms with Crippen molar-refractivity contribution in [3.05, 3.63) is 16.6 Å². The Kier molecular flexibility index (Phi) is 4.29. The Bertz CT molecular complexity index is 278. The maximum Gasteiger partial charge on any atom is 0.0794 e. The fraction of sp³-hybridized carbons (Fsp3) is 0.750. The Morgan fingerprint density at radius 3 is 2.53 bits per heavy atom. The molecule has 1 unspecified atom stereocenters. The minimum Gasteiger partial charge on any atom is -0.309 e. The molecule has 0 saturated carbocycles. The summed E-state index contributed by atoms with van der Waals surface area (Å²) in [4.78, 5) is 5.42. The van der Waals surface area contributed by atoms with Crippen molar-refractivity contribution in [3.63, 3.8) is 0 Å². The van der Waals surface area contributed by atoms with Crippen LogP contribution >= 0.6 is 11.3 Å². The van der Waals surface area contributed by atoms with Crippen LogP contribution in [0.2, 0.25) is 0 Å². The van der Waals surface area contributed by atoms with E-state index in [1.165, 1.54) is 4.88 Å². The highest BCUT2D eigenvalue weighted by atomic mass is 32.1. The molecule has 0 amide bonds. The molecule has 15 heavy (non-hydrogen) atoms. The van der Waals surface area contributed by atoms with Gasteiger partial charge in [0.05, 0.1) is 5.51 Å². The Balaban J connectivity index is 2.44. The van der Waals surface area contributed by atoms with Gasteiger partial charge in [-0.05, 0) is 18.3 Å². The predicted octanol–water partition coefficient (Wildman–Crippen LogP) is 3.48. The van der Waals surface area contributed by atoms with Gasteiger partial charge in [-0.1, -0.05) is 27.7 Å². The smallest absolute Gasteiger partial charge is 0.0794 e. The van der Waals surface area contributed by atoms with Gasteiger partial charge in [0.15, 0.2) is 0 Å². The molecule has 0 aliphatic carbocycles. The van der Waals surface area contributed by atoms with E-state index in [1.54, 1.807) is 11.3 Å². The third kappa shape index (κ3) is 3.58. The minimum absolute atomic E-state index is 0.346. The summed E-state index contributed by atoms with van der Waals surface area (Å²) < 4.78 is 0. The Hall–Kier alpha value is -0.410. The standard InChI is InChI=1S/C12H22N2S/c1-9(2)12(4,5)7-14-10(3)11-6-13-8-15-11/h6,8-10,14H,7H2,1-5H3. The first kappa shape index (κ1) is 12.7. The van der Waals surface area contributed by atoms with Crippen molar-refractivity contribution in [2.75, 3.05) is 6.54 Å². The molecule has 0 aromatic carbocycles. The van der Waals surface area contributed by atoms with Crippen LogP contribution in [0.3, 0.4) is 0 Å². The van der Waals surface area contributed by atoms with Gasteiger partial charge in [0.2, 0.25) is 0 Å². The van der Waals surface area contributed by atoms with Crippen LogP contribution in [0.5, 0.6) is 0 Å². The zero-order chi connectivity index (χ0) is 11.5. The fourth-order valence-electron chi connectivity index (χ4n) is 1.16. The Morgan fingerprint density at radius 2 is 2.07 bits per heavy atom. The van der Waals surface area contributed by atoms with Crippen LogP contribution in [-0.2, 0) is 0 Å². The molecule has 2 nitrogen and oxygen atoms in total. The molecule has 1 rings (SSSR count). The average molecular weight is 226 g/mol. The maximum absolute atomic E-state index is 4.10. The van der Waals surface area contributed by atoms with Gasteiger partial charge in [-0.15, -0.1) is 11.3 Å². The monoisotopic (exact) mass is 226 g/mol. The molecule has 0 saturated heterocycles. The summed E-state index contributed by atoms with van der Waals surface area (Å²) in [5.74, 6) is 0.693. The number of nitrogens with zero attached hydrogens (tertiary/aromatic N) is 1. The van der Waals surface area contributed by atoms with Crippen LogP contribution < -0.4 is 5.32 Å². The van der Waals surface area contributed by atoms with Crippen LogP contribution in [0.15, 0.2) is 11.7 Å². The van der Waals surface area contributed by atoms with Gasteiger partial charge in [-0.2, -0.15) is 0 Å². The first-order valence-corrected chi connectivity index (χ1v) is 6.43. The number of thiazole rings is 1. The van der Waals surface area contributed by atoms with Crippen LogP contribution in [-0.4, -0.2) is 11.5 Å². The normalized spacial score (nSPS) is 14.5. The lowest BCUT2D eigenvalue weighted by Crippen LogP contribution is -2.34. The van der Waals surface area contributed by atoms with Crippen molar-refractivity contribution in [2.24, 2.45) is 11.3 Å². The maximum atomic E-state index is 4.10. The second kappa shape index (κ2) is 5.08. The molecular weight excluding hydrogens is 204 g/mol. The SMILES string of the molecule is CC(NCC(C)(C)C(C)C)c1cncs1. The Morgan fingerprint density at radius 1 is 1.40 bits per heavy atom. The lowest BCUT2D eigenvalue weighted by Gasteiger charge is -2.30. The van der Waals surface area contributed by atoms with E-state index in [4.69, 9.17) is 0 Å². The van der Waals surface area contributed by atoms with Gasteiger partial charge in [-0.3, -0.25) is 4.98 Å². The summed E-state index contributed by atoms with van der Waals surface area (Å²) in [5.41, 5.74) is 2.24. The number of aromatic nitrogens is 1. The highest BCUT2D eigenvalue weighted by Crippen LogP contribution is 2.26. The molecule has 0 aliphatic rings. The van der Waals surface area contributed by atoms with E-state index in [0.717, 1.165) is 6.54 Å². The van der Waals surface area contributed by atoms with Gasteiger partial charge in [0.25, 0.3) is 0 Å². The molecule has 0 spiro atoms. The van der Waals surface area contributed by atoms with Gasteiger partial charge < -0.3 is 5.32 Å².